The topological polar surface area (TPSA) is 35.2 Å². The molecule has 0 bridgehead atoms. The smallest absolute Gasteiger partial charge is 0.0458 e. The molecule has 3 nitrogen and oxygen atoms in total. The maximum absolute atomic E-state index is 12.3. The maximum Gasteiger partial charge on any atom is 0.0458 e. The Morgan fingerprint density at radius 2 is 1.63 bits per heavy atom. The van der Waals surface area contributed by atoms with Gasteiger partial charge in [-0.2, -0.15) is 0 Å². The lowest BCUT2D eigenvalue weighted by molar-refractivity contribution is -0.290. The van der Waals surface area contributed by atoms with Crippen LogP contribution in [-0.4, -0.2) is 22.2 Å². The molecule has 3 heteroatoms. The van der Waals surface area contributed by atoms with Crippen LogP contribution in [0.25, 0.3) is 0 Å². The van der Waals surface area contributed by atoms with Crippen LogP contribution in [-0.2, 0) is 11.8 Å². The highest BCUT2D eigenvalue weighted by Crippen LogP contribution is 2.37. The van der Waals surface area contributed by atoms with E-state index >= 15 is 0 Å². The van der Waals surface area contributed by atoms with Crippen molar-refractivity contribution in [2.24, 2.45) is 0 Å². The van der Waals surface area contributed by atoms with Gasteiger partial charge in [0.2, 0.25) is 0 Å². The minimum Gasteiger partial charge on any atom is -0.310 e. The van der Waals surface area contributed by atoms with Crippen LogP contribution >= 0.6 is 0 Å². The summed E-state index contributed by atoms with van der Waals surface area (Å²) < 4.78 is 0. The monoisotopic (exact) mass is 261 g/mol. The predicted molar refractivity (Wildman–Crippen MR) is 77.0 cm³/mol. The van der Waals surface area contributed by atoms with Gasteiger partial charge in [-0.15, -0.1) is 10.3 Å². The Morgan fingerprint density at radius 3 is 2.16 bits per heavy atom. The van der Waals surface area contributed by atoms with Crippen LogP contribution in [0.2, 0.25) is 0 Å². The number of hydrogen-bond acceptors (Lipinski definition) is 2. The van der Waals surface area contributed by atoms with Gasteiger partial charge in [0.1, 0.15) is 0 Å². The summed E-state index contributed by atoms with van der Waals surface area (Å²) in [4.78, 5) is 0. The lowest BCUT2D eigenvalue weighted by Gasteiger charge is -2.50. The van der Waals surface area contributed by atoms with Crippen molar-refractivity contribution in [1.82, 2.24) is 10.4 Å². The van der Waals surface area contributed by atoms with E-state index < -0.39 is 0 Å². The van der Waals surface area contributed by atoms with E-state index in [1.807, 2.05) is 33.8 Å². The highest BCUT2D eigenvalue weighted by Gasteiger charge is 2.45. The zero-order valence-electron chi connectivity index (χ0n) is 12.4. The average Bonchev–Trinajstić information content (AvgIpc) is 2.34. The third-order valence-corrected chi connectivity index (χ3v) is 4.03. The van der Waals surface area contributed by atoms with Gasteiger partial charge in [-0.25, -0.2) is 0 Å². The summed E-state index contributed by atoms with van der Waals surface area (Å²) in [5, 5.41) is 17.2. The Bertz CT molecular complexity index is 396. The average molecular weight is 261 g/mol. The second-order valence-electron chi connectivity index (χ2n) is 6.89. The van der Waals surface area contributed by atoms with E-state index in [-0.39, 0.29) is 11.1 Å². The van der Waals surface area contributed by atoms with Gasteiger partial charge in [0.25, 0.3) is 0 Å². The molecule has 105 valence electrons. The quantitative estimate of drug-likeness (QED) is 0.907. The molecule has 0 spiro atoms. The van der Waals surface area contributed by atoms with Gasteiger partial charge in [0.05, 0.1) is 0 Å². The van der Waals surface area contributed by atoms with Gasteiger partial charge in [0, 0.05) is 23.7 Å². The van der Waals surface area contributed by atoms with Crippen molar-refractivity contribution in [3.05, 3.63) is 35.9 Å². The maximum atomic E-state index is 12.3. The van der Waals surface area contributed by atoms with Crippen LogP contribution in [0.5, 0.6) is 0 Å². The molecular weight excluding hydrogens is 236 g/mol. The van der Waals surface area contributed by atoms with Gasteiger partial charge < -0.3 is 5.32 Å². The van der Waals surface area contributed by atoms with E-state index in [2.05, 4.69) is 29.6 Å². The summed E-state index contributed by atoms with van der Waals surface area (Å²) in [5.41, 5.74) is 0.703. The molecule has 0 unspecified atom stereocenters. The standard InChI is InChI=1S/C16H25N2O/c1-15(2)10-14(11-16(3,4)18(15)19)17-12-13-8-6-5-7-9-13/h5-9,14,17H,10-12H2,1-4H3. The number of hydroxylamine groups is 2. The summed E-state index contributed by atoms with van der Waals surface area (Å²) in [6.45, 7) is 9.03. The zero-order valence-corrected chi connectivity index (χ0v) is 12.4. The molecule has 19 heavy (non-hydrogen) atoms. The molecule has 0 atom stereocenters. The van der Waals surface area contributed by atoms with Crippen molar-refractivity contribution in [1.29, 1.82) is 0 Å². The van der Waals surface area contributed by atoms with Crippen LogP contribution in [0.4, 0.5) is 0 Å². The Labute approximate surface area is 116 Å². The van der Waals surface area contributed by atoms with Crippen LogP contribution in [0.15, 0.2) is 30.3 Å². The second-order valence-corrected chi connectivity index (χ2v) is 6.89. The molecule has 0 amide bonds. The van der Waals surface area contributed by atoms with Gasteiger partial charge in [-0.3, -0.25) is 0 Å². The SMILES string of the molecule is CC1(C)CC(NCc2ccccc2)CC(C)(C)N1[O]. The summed E-state index contributed by atoms with van der Waals surface area (Å²) in [5.74, 6) is 0. The van der Waals surface area contributed by atoms with Crippen molar-refractivity contribution in [3.63, 3.8) is 0 Å². The summed E-state index contributed by atoms with van der Waals surface area (Å²) in [6, 6.07) is 10.8. The largest absolute Gasteiger partial charge is 0.310 e. The van der Waals surface area contributed by atoms with Gasteiger partial charge in [-0.05, 0) is 46.1 Å². The lowest BCUT2D eigenvalue weighted by Crippen LogP contribution is -2.61. The highest BCUT2D eigenvalue weighted by molar-refractivity contribution is 5.14. The fourth-order valence-corrected chi connectivity index (χ4v) is 3.27. The number of nitrogens with zero attached hydrogens (tertiary/aromatic N) is 1. The van der Waals surface area contributed by atoms with Crippen molar-refractivity contribution < 1.29 is 5.21 Å². The molecule has 1 heterocycles. The fraction of sp³-hybridized carbons (Fsp3) is 0.625. The normalized spacial score (nSPS) is 23.4. The number of rotatable bonds is 3. The van der Waals surface area contributed by atoms with Crippen molar-refractivity contribution in [2.75, 3.05) is 0 Å². The minimum absolute atomic E-state index is 0.296. The van der Waals surface area contributed by atoms with Crippen molar-refractivity contribution in [3.8, 4) is 0 Å². The molecule has 1 aliphatic rings. The molecule has 0 aromatic heterocycles. The highest BCUT2D eigenvalue weighted by atomic mass is 16.5. The second kappa shape index (κ2) is 5.23. The van der Waals surface area contributed by atoms with Crippen molar-refractivity contribution in [2.45, 2.75) is 64.2 Å². The van der Waals surface area contributed by atoms with E-state index in [1.165, 1.54) is 10.6 Å². The Morgan fingerprint density at radius 1 is 1.11 bits per heavy atom. The summed E-state index contributed by atoms with van der Waals surface area (Å²) in [6.07, 6.45) is 1.79. The molecule has 1 aromatic carbocycles. The summed E-state index contributed by atoms with van der Waals surface area (Å²) in [7, 11) is 0. The molecule has 1 aliphatic heterocycles. The number of piperidine rings is 1. The van der Waals surface area contributed by atoms with Gasteiger partial charge in [0.15, 0.2) is 0 Å². The zero-order chi connectivity index (χ0) is 14.1. The van der Waals surface area contributed by atoms with E-state index in [1.54, 1.807) is 0 Å². The van der Waals surface area contributed by atoms with Crippen LogP contribution in [0, 0.1) is 0 Å². The first-order chi connectivity index (χ1) is 8.81. The van der Waals surface area contributed by atoms with E-state index in [0.717, 1.165) is 19.4 Å². The van der Waals surface area contributed by atoms with Crippen LogP contribution in [0.3, 0.4) is 0 Å². The third kappa shape index (κ3) is 3.35. The molecule has 1 radical (unpaired) electrons. The number of benzene rings is 1. The van der Waals surface area contributed by atoms with Gasteiger partial charge in [-0.1, -0.05) is 30.3 Å². The molecular formula is C16H25N2O. The summed E-state index contributed by atoms with van der Waals surface area (Å²) >= 11 is 0. The molecule has 1 saturated heterocycles. The Hall–Kier alpha value is -0.900. The Kier molecular flexibility index (Phi) is 4.00. The molecule has 0 aliphatic carbocycles. The molecule has 1 fully saturated rings. The predicted octanol–water partition coefficient (Wildman–Crippen LogP) is 3.14. The van der Waals surface area contributed by atoms with Crippen LogP contribution in [0.1, 0.15) is 46.1 Å². The first-order valence-corrected chi connectivity index (χ1v) is 7.06. The van der Waals surface area contributed by atoms with E-state index in [9.17, 15) is 5.21 Å². The third-order valence-electron chi connectivity index (χ3n) is 4.03. The molecule has 1 N–H and O–H groups in total. The Balaban J connectivity index is 1.98. The van der Waals surface area contributed by atoms with E-state index in [0.29, 0.717) is 6.04 Å². The lowest BCUT2D eigenvalue weighted by atomic mass is 9.79. The first kappa shape index (κ1) is 14.5. The van der Waals surface area contributed by atoms with Crippen molar-refractivity contribution >= 4 is 0 Å². The number of hydrogen-bond donors (Lipinski definition) is 1. The van der Waals surface area contributed by atoms with Gasteiger partial charge >= 0.3 is 0 Å². The molecule has 1 aromatic rings. The molecule has 0 saturated carbocycles. The first-order valence-electron chi connectivity index (χ1n) is 7.06. The minimum atomic E-state index is -0.296. The van der Waals surface area contributed by atoms with E-state index in [4.69, 9.17) is 0 Å². The number of nitrogens with one attached hydrogen (secondary N) is 1. The molecule has 2 rings (SSSR count). The fourth-order valence-electron chi connectivity index (χ4n) is 3.27. The van der Waals surface area contributed by atoms with Crippen LogP contribution < -0.4 is 5.32 Å².